The Hall–Kier alpha value is -3.42. The van der Waals surface area contributed by atoms with Gasteiger partial charge in [-0.05, 0) is 29.7 Å². The number of rotatable bonds is 5. The molecule has 0 spiro atoms. The number of aliphatic hydroxyl groups is 1. The van der Waals surface area contributed by atoms with Crippen LogP contribution in [0.15, 0.2) is 71.5 Å². The molecular weight excluding hydrogens is 404 g/mol. The minimum absolute atomic E-state index is 0.214. The number of aryl methyl sites for hydroxylation is 1. The lowest BCUT2D eigenvalue weighted by atomic mass is 9.78. The summed E-state index contributed by atoms with van der Waals surface area (Å²) in [5.74, 6) is 0.0773. The molecule has 164 valence electrons. The summed E-state index contributed by atoms with van der Waals surface area (Å²) in [5, 5.41) is 15.7. The fourth-order valence-corrected chi connectivity index (χ4v) is 4.69. The molecule has 7 heteroatoms. The third kappa shape index (κ3) is 3.70. The first kappa shape index (κ1) is 20.5. The van der Waals surface area contributed by atoms with Crippen LogP contribution in [0.3, 0.4) is 0 Å². The number of amides is 1. The molecule has 0 radical (unpaired) electrons. The number of hydrogen-bond acceptors (Lipinski definition) is 5. The number of aliphatic hydroxyl groups excluding tert-OH is 1. The lowest BCUT2D eigenvalue weighted by molar-refractivity contribution is -0.0180. The number of aromatic nitrogens is 2. The Labute approximate surface area is 186 Å². The van der Waals surface area contributed by atoms with E-state index < -0.39 is 11.6 Å². The number of hydrogen-bond donors (Lipinski definition) is 3. The van der Waals surface area contributed by atoms with Crippen molar-refractivity contribution in [2.24, 2.45) is 0 Å². The molecule has 32 heavy (non-hydrogen) atoms. The van der Waals surface area contributed by atoms with Crippen LogP contribution in [0.4, 0.5) is 0 Å². The van der Waals surface area contributed by atoms with Crippen molar-refractivity contribution in [3.05, 3.63) is 89.8 Å². The average molecular weight is 431 g/mol. The van der Waals surface area contributed by atoms with Gasteiger partial charge in [-0.2, -0.15) is 0 Å². The molecule has 0 aliphatic carbocycles. The lowest BCUT2D eigenvalue weighted by Crippen LogP contribution is -2.61. The first-order valence-corrected chi connectivity index (χ1v) is 10.8. The van der Waals surface area contributed by atoms with E-state index in [-0.39, 0.29) is 11.6 Å². The zero-order valence-electron chi connectivity index (χ0n) is 17.9. The van der Waals surface area contributed by atoms with Crippen LogP contribution in [-0.2, 0) is 12.1 Å². The quantitative estimate of drug-likeness (QED) is 0.451. The van der Waals surface area contributed by atoms with Crippen LogP contribution in [0.1, 0.15) is 33.9 Å². The van der Waals surface area contributed by atoms with Crippen LogP contribution in [0.2, 0.25) is 0 Å². The number of nitrogens with zero attached hydrogens (tertiary/aromatic N) is 2. The van der Waals surface area contributed by atoms with Gasteiger partial charge in [-0.25, -0.2) is 4.98 Å². The Morgan fingerprint density at radius 2 is 2.09 bits per heavy atom. The van der Waals surface area contributed by atoms with Gasteiger partial charge in [0.15, 0.2) is 11.6 Å². The van der Waals surface area contributed by atoms with E-state index >= 15 is 0 Å². The highest BCUT2D eigenvalue weighted by molar-refractivity contribution is 5.92. The van der Waals surface area contributed by atoms with Crippen molar-refractivity contribution < 1.29 is 14.3 Å². The molecule has 3 heterocycles. The summed E-state index contributed by atoms with van der Waals surface area (Å²) >= 11 is 0. The SMILES string of the molecule is Cc1nc(C(=O)N[C@@]2(c3ccccc3)CCN(Cc3cccc4[nH]ccc34)C[C@H]2O)co1. The number of oxazole rings is 1. The van der Waals surface area contributed by atoms with Crippen LogP contribution in [-0.4, -0.2) is 45.1 Å². The second-order valence-electron chi connectivity index (χ2n) is 8.40. The topological polar surface area (TPSA) is 94.4 Å². The van der Waals surface area contributed by atoms with E-state index in [1.165, 1.54) is 17.2 Å². The maximum atomic E-state index is 13.0. The van der Waals surface area contributed by atoms with Gasteiger partial charge in [0.1, 0.15) is 6.26 Å². The predicted octanol–water partition coefficient (Wildman–Crippen LogP) is 3.36. The molecular formula is C25H26N4O3. The Morgan fingerprint density at radius 1 is 1.25 bits per heavy atom. The number of benzene rings is 2. The largest absolute Gasteiger partial charge is 0.448 e. The summed E-state index contributed by atoms with van der Waals surface area (Å²) in [6, 6.07) is 18.0. The summed E-state index contributed by atoms with van der Waals surface area (Å²) in [6.45, 7) is 3.59. The van der Waals surface area contributed by atoms with Crippen molar-refractivity contribution >= 4 is 16.8 Å². The molecule has 1 amide bonds. The Bertz CT molecular complexity index is 1230. The normalized spacial score (nSPS) is 21.6. The van der Waals surface area contributed by atoms with Gasteiger partial charge in [0.2, 0.25) is 0 Å². The molecule has 2 aromatic carbocycles. The molecule has 5 rings (SSSR count). The molecule has 0 unspecified atom stereocenters. The molecule has 3 N–H and O–H groups in total. The zero-order valence-corrected chi connectivity index (χ0v) is 17.9. The monoisotopic (exact) mass is 430 g/mol. The molecule has 4 aromatic rings. The highest BCUT2D eigenvalue weighted by Gasteiger charge is 2.45. The van der Waals surface area contributed by atoms with E-state index in [4.69, 9.17) is 4.42 Å². The molecule has 1 aliphatic rings. The summed E-state index contributed by atoms with van der Waals surface area (Å²) in [4.78, 5) is 22.6. The van der Waals surface area contributed by atoms with Gasteiger partial charge in [0.25, 0.3) is 5.91 Å². The molecule has 1 saturated heterocycles. The van der Waals surface area contributed by atoms with Crippen LogP contribution >= 0.6 is 0 Å². The van der Waals surface area contributed by atoms with Gasteiger partial charge in [-0.15, -0.1) is 0 Å². The number of aromatic amines is 1. The maximum Gasteiger partial charge on any atom is 0.274 e. The molecule has 2 aromatic heterocycles. The molecule has 0 saturated carbocycles. The molecule has 7 nitrogen and oxygen atoms in total. The van der Waals surface area contributed by atoms with E-state index in [0.29, 0.717) is 18.9 Å². The summed E-state index contributed by atoms with van der Waals surface area (Å²) in [6.07, 6.45) is 3.08. The minimum Gasteiger partial charge on any atom is -0.448 e. The lowest BCUT2D eigenvalue weighted by Gasteiger charge is -2.46. The van der Waals surface area contributed by atoms with Gasteiger partial charge in [0.05, 0.1) is 11.6 Å². The number of carbonyl (C=O) groups excluding carboxylic acids is 1. The number of likely N-dealkylation sites (tertiary alicyclic amines) is 1. The maximum absolute atomic E-state index is 13.0. The Kier molecular flexibility index (Phi) is 5.28. The van der Waals surface area contributed by atoms with Crippen LogP contribution in [0.25, 0.3) is 10.9 Å². The Balaban J connectivity index is 1.40. The smallest absolute Gasteiger partial charge is 0.274 e. The van der Waals surface area contributed by atoms with E-state index in [1.807, 2.05) is 42.6 Å². The number of carbonyl (C=O) groups is 1. The van der Waals surface area contributed by atoms with Crippen molar-refractivity contribution in [1.82, 2.24) is 20.2 Å². The Morgan fingerprint density at radius 3 is 2.84 bits per heavy atom. The van der Waals surface area contributed by atoms with E-state index in [9.17, 15) is 9.90 Å². The van der Waals surface area contributed by atoms with Crippen molar-refractivity contribution in [3.8, 4) is 0 Å². The number of β-amino-alcohol motifs (C(OH)–C–C–N with tert-alkyl or cyclic N) is 1. The second-order valence-corrected chi connectivity index (χ2v) is 8.40. The van der Waals surface area contributed by atoms with Crippen molar-refractivity contribution in [2.45, 2.75) is 31.5 Å². The summed E-state index contributed by atoms with van der Waals surface area (Å²) in [5.41, 5.74) is 2.51. The highest BCUT2D eigenvalue weighted by atomic mass is 16.3. The summed E-state index contributed by atoms with van der Waals surface area (Å²) < 4.78 is 5.21. The first-order chi connectivity index (χ1) is 15.5. The highest BCUT2D eigenvalue weighted by Crippen LogP contribution is 2.34. The third-order valence-electron chi connectivity index (χ3n) is 6.38. The number of piperidine rings is 1. The number of fused-ring (bicyclic) bond motifs is 1. The third-order valence-corrected chi connectivity index (χ3v) is 6.38. The van der Waals surface area contributed by atoms with Gasteiger partial charge in [-0.1, -0.05) is 42.5 Å². The average Bonchev–Trinajstić information content (AvgIpc) is 3.46. The first-order valence-electron chi connectivity index (χ1n) is 10.8. The number of nitrogens with one attached hydrogen (secondary N) is 2. The molecule has 1 aliphatic heterocycles. The van der Waals surface area contributed by atoms with Crippen molar-refractivity contribution in [2.75, 3.05) is 13.1 Å². The number of H-pyrrole nitrogens is 1. The van der Waals surface area contributed by atoms with Crippen molar-refractivity contribution in [3.63, 3.8) is 0 Å². The van der Waals surface area contributed by atoms with Crippen molar-refractivity contribution in [1.29, 1.82) is 0 Å². The minimum atomic E-state index is -0.901. The fraction of sp³-hybridized carbons (Fsp3) is 0.280. The van der Waals surface area contributed by atoms with Gasteiger partial charge < -0.3 is 19.8 Å². The zero-order chi connectivity index (χ0) is 22.1. The van der Waals surface area contributed by atoms with Crippen LogP contribution < -0.4 is 5.32 Å². The predicted molar refractivity (Wildman–Crippen MR) is 121 cm³/mol. The van der Waals surface area contributed by atoms with E-state index in [2.05, 4.69) is 38.4 Å². The van der Waals surface area contributed by atoms with Crippen LogP contribution in [0.5, 0.6) is 0 Å². The van der Waals surface area contributed by atoms with Crippen LogP contribution in [0, 0.1) is 6.92 Å². The molecule has 0 bridgehead atoms. The molecule has 1 fully saturated rings. The summed E-state index contributed by atoms with van der Waals surface area (Å²) in [7, 11) is 0. The second kappa shape index (κ2) is 8.26. The molecule has 2 atom stereocenters. The van der Waals surface area contributed by atoms with Gasteiger partial charge in [0, 0.05) is 43.7 Å². The fourth-order valence-electron chi connectivity index (χ4n) is 4.69. The van der Waals surface area contributed by atoms with E-state index in [1.54, 1.807) is 6.92 Å². The van der Waals surface area contributed by atoms with Gasteiger partial charge in [-0.3, -0.25) is 9.69 Å². The van der Waals surface area contributed by atoms with Gasteiger partial charge >= 0.3 is 0 Å². The van der Waals surface area contributed by atoms with E-state index in [0.717, 1.165) is 24.2 Å². The standard InChI is InChI=1S/C25H26N4O3/c1-17-27-22(16-32-17)24(31)28-25(19-7-3-2-4-8-19)11-13-29(15-23(25)30)14-18-6-5-9-21-20(18)10-12-26-21/h2-10,12,16,23,26,30H,11,13-15H2,1H3,(H,28,31)/t23-,25-/m1/s1.